The molecule has 7 rings (SSSR count). The quantitative estimate of drug-likeness (QED) is 0.134. The van der Waals surface area contributed by atoms with Crippen LogP contribution in [0.15, 0.2) is 99.6 Å². The highest BCUT2D eigenvalue weighted by atomic mass is 32.3. The second kappa shape index (κ2) is 12.6. The molecule has 258 valence electrons. The first kappa shape index (κ1) is 34.6. The van der Waals surface area contributed by atoms with Crippen molar-refractivity contribution in [3.05, 3.63) is 84.9 Å². The number of rotatable bonds is 11. The molecule has 0 saturated heterocycles. The molecule has 3 aromatic carbocycles. The van der Waals surface area contributed by atoms with Crippen LogP contribution in [0, 0.1) is 23.2 Å². The van der Waals surface area contributed by atoms with Gasteiger partial charge in [-0.3, -0.25) is 4.79 Å². The lowest BCUT2D eigenvalue weighted by molar-refractivity contribution is -0.265. The molecule has 1 unspecified atom stereocenters. The molecule has 0 heterocycles. The Morgan fingerprint density at radius 1 is 0.729 bits per heavy atom. The SMILES string of the molecule is O=C(OC(C(F)(F)F)C(F)(F)S(=O)(=O)NS(=O)(=O)Oc1ccc([S+](c2ccccc2)c2ccccc2)cc1)C12CC3CC(CC(C3)C1)C2. The van der Waals surface area contributed by atoms with Gasteiger partial charge in [-0.1, -0.05) is 40.5 Å². The van der Waals surface area contributed by atoms with Crippen molar-refractivity contribution < 1.29 is 52.5 Å². The summed E-state index contributed by atoms with van der Waals surface area (Å²) in [6, 6.07) is 23.9. The van der Waals surface area contributed by atoms with Crippen LogP contribution in [-0.2, 0) is 40.8 Å². The predicted octanol–water partition coefficient (Wildman–Crippen LogP) is 6.61. The maximum absolute atomic E-state index is 15.3. The first-order valence-electron chi connectivity index (χ1n) is 15.1. The van der Waals surface area contributed by atoms with Crippen molar-refractivity contribution in [3.63, 3.8) is 0 Å². The van der Waals surface area contributed by atoms with Gasteiger partial charge >= 0.3 is 27.7 Å². The summed E-state index contributed by atoms with van der Waals surface area (Å²) < 4.78 is 132. The Hall–Kier alpha value is -3.21. The number of alkyl halides is 5. The van der Waals surface area contributed by atoms with Gasteiger partial charge in [0.05, 0.1) is 16.3 Å². The summed E-state index contributed by atoms with van der Waals surface area (Å²) in [4.78, 5) is 15.6. The van der Waals surface area contributed by atoms with E-state index in [0.29, 0.717) is 9.02 Å². The Morgan fingerprint density at radius 2 is 1.17 bits per heavy atom. The van der Waals surface area contributed by atoms with Gasteiger partial charge in [0.25, 0.3) is 16.1 Å². The number of esters is 1. The largest absolute Gasteiger partial charge is 0.444 e. The maximum atomic E-state index is 15.3. The van der Waals surface area contributed by atoms with Crippen molar-refractivity contribution in [2.24, 2.45) is 23.2 Å². The van der Waals surface area contributed by atoms with Crippen molar-refractivity contribution in [2.45, 2.75) is 70.7 Å². The van der Waals surface area contributed by atoms with E-state index in [1.165, 1.54) is 12.1 Å². The first-order chi connectivity index (χ1) is 22.5. The molecule has 8 nitrogen and oxygen atoms in total. The first-order valence-corrected chi connectivity index (χ1v) is 19.2. The molecule has 0 amide bonds. The zero-order chi connectivity index (χ0) is 34.5. The van der Waals surface area contributed by atoms with Crippen LogP contribution in [0.5, 0.6) is 5.75 Å². The minimum Gasteiger partial charge on any atom is -0.444 e. The van der Waals surface area contributed by atoms with E-state index < -0.39 is 65.9 Å². The van der Waals surface area contributed by atoms with Gasteiger partial charge in [0.1, 0.15) is 5.75 Å². The van der Waals surface area contributed by atoms with E-state index in [1.807, 2.05) is 60.7 Å². The van der Waals surface area contributed by atoms with Gasteiger partial charge in [-0.2, -0.15) is 30.4 Å². The minimum atomic E-state index is -6.71. The third-order valence-electron chi connectivity index (χ3n) is 9.09. The third kappa shape index (κ3) is 6.94. The molecule has 16 heteroatoms. The van der Waals surface area contributed by atoms with Gasteiger partial charge in [-0.25, -0.2) is 8.42 Å². The number of nitrogens with one attached hydrogen (secondary N) is 1. The van der Waals surface area contributed by atoms with Crippen molar-refractivity contribution in [1.82, 2.24) is 4.13 Å². The van der Waals surface area contributed by atoms with Crippen LogP contribution in [0.1, 0.15) is 38.5 Å². The summed E-state index contributed by atoms with van der Waals surface area (Å²) in [6.45, 7) is 0. The van der Waals surface area contributed by atoms with E-state index >= 15 is 8.78 Å². The molecule has 0 aromatic heterocycles. The lowest BCUT2D eigenvalue weighted by Crippen LogP contribution is -2.59. The molecule has 4 fully saturated rings. The molecule has 48 heavy (non-hydrogen) atoms. The Kier molecular flexibility index (Phi) is 9.09. The second-order valence-corrected chi connectivity index (χ2v) is 17.9. The molecule has 4 bridgehead atoms. The Morgan fingerprint density at radius 3 is 1.60 bits per heavy atom. The number of hydrogen-bond acceptors (Lipinski definition) is 7. The third-order valence-corrected chi connectivity index (χ3v) is 14.4. The number of carbonyl (C=O) groups is 1. The van der Waals surface area contributed by atoms with E-state index in [4.69, 9.17) is 0 Å². The topological polar surface area (TPSA) is 116 Å². The Bertz CT molecular complexity index is 1780. The van der Waals surface area contributed by atoms with Crippen LogP contribution >= 0.6 is 0 Å². The molecule has 1 atom stereocenters. The predicted molar refractivity (Wildman–Crippen MR) is 165 cm³/mol. The van der Waals surface area contributed by atoms with E-state index in [0.717, 1.165) is 41.2 Å². The molecular weight excluding hydrogens is 702 g/mol. The van der Waals surface area contributed by atoms with Crippen LogP contribution in [0.4, 0.5) is 22.0 Å². The normalized spacial score (nSPS) is 24.8. The van der Waals surface area contributed by atoms with Crippen molar-refractivity contribution in [2.75, 3.05) is 0 Å². The van der Waals surface area contributed by atoms with Gasteiger partial charge < -0.3 is 8.92 Å². The highest BCUT2D eigenvalue weighted by molar-refractivity contribution is 8.03. The van der Waals surface area contributed by atoms with Crippen LogP contribution in [0.3, 0.4) is 0 Å². The summed E-state index contributed by atoms with van der Waals surface area (Å²) in [5.41, 5.74) is -1.42. The van der Waals surface area contributed by atoms with Crippen LogP contribution < -0.4 is 8.31 Å². The van der Waals surface area contributed by atoms with Crippen LogP contribution in [0.2, 0.25) is 0 Å². The van der Waals surface area contributed by atoms with Gasteiger partial charge in [-0.05, 0) is 105 Å². The number of ether oxygens (including phenoxy) is 1. The lowest BCUT2D eigenvalue weighted by Gasteiger charge is -2.55. The molecule has 4 saturated carbocycles. The Balaban J connectivity index is 1.19. The maximum Gasteiger partial charge on any atom is 0.432 e. The van der Waals surface area contributed by atoms with Crippen LogP contribution in [-0.4, -0.2) is 40.3 Å². The van der Waals surface area contributed by atoms with Crippen LogP contribution in [0.25, 0.3) is 0 Å². The second-order valence-electron chi connectivity index (χ2n) is 12.6. The number of benzene rings is 3. The summed E-state index contributed by atoms with van der Waals surface area (Å²) >= 11 is 0. The number of carbonyl (C=O) groups excluding carboxylic acids is 1. The molecule has 4 aliphatic carbocycles. The fourth-order valence-corrected chi connectivity index (χ4v) is 12.1. The van der Waals surface area contributed by atoms with Gasteiger partial charge in [0.2, 0.25) is 0 Å². The number of hydrogen-bond donors (Lipinski definition) is 1. The summed E-state index contributed by atoms with van der Waals surface area (Å²) in [7, 11) is -13.0. The summed E-state index contributed by atoms with van der Waals surface area (Å²) in [6.07, 6.45) is -7.69. The van der Waals surface area contributed by atoms with Gasteiger partial charge in [-0.15, -0.1) is 0 Å². The molecule has 3 aromatic rings. The standard InChI is InChI=1S/C32H31F5NO7S3/c33-31(34,35)28(44-29(39)30-18-21-15-22(19-30)17-23(16-21)20-30)32(36,37)47(40,41)38-48(42,43)45-24-11-13-27(14-12-24)46(25-7-3-1-4-8-25)26-9-5-2-6-10-26/h1-14,21-23,28,38H,15-20H2/q+1. The van der Waals surface area contributed by atoms with E-state index in [1.54, 1.807) is 0 Å². The van der Waals surface area contributed by atoms with E-state index in [9.17, 15) is 34.8 Å². The molecule has 1 N–H and O–H groups in total. The molecule has 4 aliphatic rings. The molecule has 0 spiro atoms. The smallest absolute Gasteiger partial charge is 0.432 e. The lowest BCUT2D eigenvalue weighted by atomic mass is 9.49. The summed E-state index contributed by atoms with van der Waals surface area (Å²) in [5.74, 6) is -1.94. The fraction of sp³-hybridized carbons (Fsp3) is 0.406. The molecule has 0 aliphatic heterocycles. The average molecular weight is 733 g/mol. The fourth-order valence-electron chi connectivity index (χ4n) is 7.55. The van der Waals surface area contributed by atoms with Crippen molar-refractivity contribution >= 4 is 37.2 Å². The van der Waals surface area contributed by atoms with Crippen molar-refractivity contribution in [3.8, 4) is 5.75 Å². The van der Waals surface area contributed by atoms with Gasteiger partial charge in [0.15, 0.2) is 14.7 Å². The number of halogens is 5. The monoisotopic (exact) mass is 732 g/mol. The Labute approximate surface area is 277 Å². The highest BCUT2D eigenvalue weighted by Crippen LogP contribution is 2.61. The number of sulfonamides is 1. The zero-order valence-electron chi connectivity index (χ0n) is 25.1. The zero-order valence-corrected chi connectivity index (χ0v) is 27.6. The molecular formula is C32H31F5NO7S3+. The highest BCUT2D eigenvalue weighted by Gasteiger charge is 2.68. The van der Waals surface area contributed by atoms with Crippen molar-refractivity contribution in [1.29, 1.82) is 0 Å². The van der Waals surface area contributed by atoms with E-state index in [-0.39, 0.29) is 37.0 Å². The average Bonchev–Trinajstić information content (AvgIpc) is 2.99. The van der Waals surface area contributed by atoms with Gasteiger partial charge in [0, 0.05) is 0 Å². The molecule has 0 radical (unpaired) electrons. The van der Waals surface area contributed by atoms with E-state index in [2.05, 4.69) is 8.92 Å². The summed E-state index contributed by atoms with van der Waals surface area (Å²) in [5, 5.41) is -5.94. The minimum absolute atomic E-state index is 0.0402.